The van der Waals surface area contributed by atoms with Gasteiger partial charge in [0.2, 0.25) is 0 Å². The van der Waals surface area contributed by atoms with Gasteiger partial charge < -0.3 is 9.47 Å². The van der Waals surface area contributed by atoms with E-state index in [1.807, 2.05) is 31.2 Å². The number of nitriles is 1. The van der Waals surface area contributed by atoms with E-state index in [1.54, 1.807) is 29.8 Å². The number of hydrogen-bond donors (Lipinski definition) is 1. The molecule has 0 radical (unpaired) electrons. The summed E-state index contributed by atoms with van der Waals surface area (Å²) in [4.78, 5) is 16.2. The van der Waals surface area contributed by atoms with Crippen LogP contribution in [-0.2, 0) is 4.79 Å². The fourth-order valence-electron chi connectivity index (χ4n) is 2.60. The number of amides is 1. The molecule has 158 valence electrons. The van der Waals surface area contributed by atoms with Crippen molar-refractivity contribution in [2.24, 2.45) is 0 Å². The number of carbonyl (C=O) groups is 1. The summed E-state index contributed by atoms with van der Waals surface area (Å²) < 4.78 is 11.4. The number of nitrogens with zero attached hydrogens (tertiary/aromatic N) is 2. The first-order valence-electron chi connectivity index (χ1n) is 9.41. The quantitative estimate of drug-likeness (QED) is 0.280. The number of ether oxygens (including phenoxy) is 2. The van der Waals surface area contributed by atoms with E-state index < -0.39 is 5.91 Å². The third kappa shape index (κ3) is 6.32. The van der Waals surface area contributed by atoms with Crippen molar-refractivity contribution < 1.29 is 14.3 Å². The van der Waals surface area contributed by atoms with Crippen LogP contribution in [0.1, 0.15) is 16.7 Å². The van der Waals surface area contributed by atoms with Crippen LogP contribution in [0, 0.1) is 25.2 Å². The molecule has 6 nitrogen and oxygen atoms in total. The van der Waals surface area contributed by atoms with Gasteiger partial charge in [-0.15, -0.1) is 11.3 Å². The van der Waals surface area contributed by atoms with Gasteiger partial charge in [0.25, 0.3) is 5.91 Å². The Morgan fingerprint density at radius 1 is 1.19 bits per heavy atom. The van der Waals surface area contributed by atoms with Crippen LogP contribution in [-0.4, -0.2) is 24.1 Å². The van der Waals surface area contributed by atoms with Gasteiger partial charge in [-0.05, 0) is 60.9 Å². The summed E-state index contributed by atoms with van der Waals surface area (Å²) in [7, 11) is 0. The van der Waals surface area contributed by atoms with E-state index >= 15 is 0 Å². The van der Waals surface area contributed by atoms with Gasteiger partial charge in [-0.2, -0.15) is 5.26 Å². The molecule has 3 rings (SSSR count). The lowest BCUT2D eigenvalue weighted by Crippen LogP contribution is -2.13. The van der Waals surface area contributed by atoms with Crippen molar-refractivity contribution in [3.63, 3.8) is 0 Å². The average molecular weight is 454 g/mol. The second kappa shape index (κ2) is 10.6. The van der Waals surface area contributed by atoms with Crippen molar-refractivity contribution >= 4 is 40.1 Å². The van der Waals surface area contributed by atoms with E-state index in [9.17, 15) is 10.1 Å². The summed E-state index contributed by atoms with van der Waals surface area (Å²) in [5.74, 6) is 0.754. The van der Waals surface area contributed by atoms with E-state index in [2.05, 4.69) is 17.2 Å². The fraction of sp³-hybridized carbons (Fsp3) is 0.174. The molecule has 0 atom stereocenters. The second-order valence-electron chi connectivity index (χ2n) is 6.59. The Labute approximate surface area is 189 Å². The third-order valence-electron chi connectivity index (χ3n) is 4.37. The van der Waals surface area contributed by atoms with Gasteiger partial charge in [0.05, 0.1) is 5.02 Å². The van der Waals surface area contributed by atoms with Crippen molar-refractivity contribution in [3.05, 3.63) is 75.3 Å². The van der Waals surface area contributed by atoms with Crippen LogP contribution < -0.4 is 14.8 Å². The number of anilines is 1. The van der Waals surface area contributed by atoms with Crippen molar-refractivity contribution in [2.45, 2.75) is 13.8 Å². The molecule has 0 fully saturated rings. The zero-order valence-electron chi connectivity index (χ0n) is 17.0. The number of benzene rings is 2. The molecule has 0 aliphatic heterocycles. The lowest BCUT2D eigenvalue weighted by atomic mass is 10.1. The van der Waals surface area contributed by atoms with Crippen LogP contribution in [0.2, 0.25) is 5.02 Å². The molecule has 3 aromatic rings. The van der Waals surface area contributed by atoms with E-state index in [0.29, 0.717) is 34.7 Å². The number of thiazole rings is 1. The van der Waals surface area contributed by atoms with Crippen LogP contribution in [0.3, 0.4) is 0 Å². The van der Waals surface area contributed by atoms with Crippen molar-refractivity contribution in [3.8, 4) is 17.6 Å². The maximum Gasteiger partial charge on any atom is 0.268 e. The summed E-state index contributed by atoms with van der Waals surface area (Å²) in [5, 5.41) is 14.4. The van der Waals surface area contributed by atoms with E-state index in [-0.39, 0.29) is 5.57 Å². The molecule has 1 N–H and O–H groups in total. The Kier molecular flexibility index (Phi) is 7.65. The topological polar surface area (TPSA) is 84.2 Å². The predicted molar refractivity (Wildman–Crippen MR) is 123 cm³/mol. The maximum atomic E-state index is 12.2. The monoisotopic (exact) mass is 453 g/mol. The Balaban J connectivity index is 1.57. The summed E-state index contributed by atoms with van der Waals surface area (Å²) in [6.45, 7) is 4.78. The van der Waals surface area contributed by atoms with Gasteiger partial charge in [0.15, 0.2) is 5.13 Å². The molecule has 0 saturated heterocycles. The molecule has 1 amide bonds. The minimum atomic E-state index is -0.530. The summed E-state index contributed by atoms with van der Waals surface area (Å²) in [5.41, 5.74) is 2.93. The molecule has 0 aliphatic rings. The minimum Gasteiger partial charge on any atom is -0.490 e. The molecule has 0 unspecified atom stereocenters. The first-order chi connectivity index (χ1) is 15.0. The largest absolute Gasteiger partial charge is 0.490 e. The maximum absolute atomic E-state index is 12.2. The van der Waals surface area contributed by atoms with Crippen molar-refractivity contribution in [1.82, 2.24) is 4.98 Å². The Bertz CT molecular complexity index is 1140. The molecular weight excluding hydrogens is 434 g/mol. The number of rotatable bonds is 8. The molecule has 0 bridgehead atoms. The van der Waals surface area contributed by atoms with Gasteiger partial charge >= 0.3 is 0 Å². The second-order valence-corrected chi connectivity index (χ2v) is 7.90. The smallest absolute Gasteiger partial charge is 0.268 e. The molecule has 1 heterocycles. The predicted octanol–water partition coefficient (Wildman–Crippen LogP) is 5.42. The first kappa shape index (κ1) is 22.3. The van der Waals surface area contributed by atoms with Crippen LogP contribution in [0.25, 0.3) is 6.08 Å². The number of hydrogen-bond acceptors (Lipinski definition) is 6. The zero-order chi connectivity index (χ0) is 22.2. The fourth-order valence-corrected chi connectivity index (χ4v) is 3.37. The van der Waals surface area contributed by atoms with Gasteiger partial charge in [-0.1, -0.05) is 23.7 Å². The van der Waals surface area contributed by atoms with Crippen LogP contribution in [0.4, 0.5) is 5.13 Å². The standard InChI is InChI=1S/C23H20ClN3O3S/c1-15-3-5-19(11-16(15)2)29-8-9-30-21-6-4-17(13-20(21)24)12-18(14-25)22(28)27-23-26-7-10-31-23/h3-7,10-13H,8-9H2,1-2H3,(H,26,27,28)/b18-12-. The minimum absolute atomic E-state index is 0.0540. The highest BCUT2D eigenvalue weighted by Crippen LogP contribution is 2.27. The number of aryl methyl sites for hydroxylation is 2. The highest BCUT2D eigenvalue weighted by molar-refractivity contribution is 7.13. The van der Waals surface area contributed by atoms with E-state index in [1.165, 1.54) is 28.5 Å². The average Bonchev–Trinajstić information content (AvgIpc) is 3.26. The Morgan fingerprint density at radius 2 is 2.00 bits per heavy atom. The molecule has 1 aromatic heterocycles. The molecule has 0 spiro atoms. The molecule has 2 aromatic carbocycles. The SMILES string of the molecule is Cc1ccc(OCCOc2ccc(/C=C(/C#N)C(=O)Nc3nccs3)cc2Cl)cc1C. The highest BCUT2D eigenvalue weighted by atomic mass is 35.5. The number of nitrogens with one attached hydrogen (secondary N) is 1. The van der Waals surface area contributed by atoms with Gasteiger partial charge in [-0.25, -0.2) is 4.98 Å². The molecular formula is C23H20ClN3O3S. The zero-order valence-corrected chi connectivity index (χ0v) is 18.6. The molecule has 0 aliphatic carbocycles. The lowest BCUT2D eigenvalue weighted by Gasteiger charge is -2.11. The van der Waals surface area contributed by atoms with E-state index in [0.717, 1.165) is 5.75 Å². The highest BCUT2D eigenvalue weighted by Gasteiger charge is 2.11. The van der Waals surface area contributed by atoms with Crippen molar-refractivity contribution in [2.75, 3.05) is 18.5 Å². The number of aromatic nitrogens is 1. The summed E-state index contributed by atoms with van der Waals surface area (Å²) in [6, 6.07) is 12.9. The van der Waals surface area contributed by atoms with Gasteiger partial charge in [-0.3, -0.25) is 10.1 Å². The third-order valence-corrected chi connectivity index (χ3v) is 5.36. The van der Waals surface area contributed by atoms with Crippen LogP contribution in [0.5, 0.6) is 11.5 Å². The van der Waals surface area contributed by atoms with Crippen LogP contribution >= 0.6 is 22.9 Å². The summed E-state index contributed by atoms with van der Waals surface area (Å²) in [6.07, 6.45) is 3.03. The Morgan fingerprint density at radius 3 is 2.68 bits per heavy atom. The molecule has 31 heavy (non-hydrogen) atoms. The van der Waals surface area contributed by atoms with Gasteiger partial charge in [0, 0.05) is 11.6 Å². The van der Waals surface area contributed by atoms with E-state index in [4.69, 9.17) is 21.1 Å². The van der Waals surface area contributed by atoms with Crippen LogP contribution in [0.15, 0.2) is 53.5 Å². The normalized spacial score (nSPS) is 11.0. The summed E-state index contributed by atoms with van der Waals surface area (Å²) >= 11 is 7.57. The van der Waals surface area contributed by atoms with Gasteiger partial charge in [0.1, 0.15) is 36.4 Å². The molecule has 0 saturated carbocycles. The number of halogens is 1. The first-order valence-corrected chi connectivity index (χ1v) is 10.7. The Hall–Kier alpha value is -3.34. The van der Waals surface area contributed by atoms with Crippen molar-refractivity contribution in [1.29, 1.82) is 5.26 Å². The lowest BCUT2D eigenvalue weighted by molar-refractivity contribution is -0.112. The molecule has 8 heteroatoms. The number of carbonyl (C=O) groups excluding carboxylic acids is 1.